The van der Waals surface area contributed by atoms with Gasteiger partial charge in [-0.2, -0.15) is 26.3 Å². The number of hydrogen-bond donors (Lipinski definition) is 3. The van der Waals surface area contributed by atoms with E-state index in [1.807, 2.05) is 0 Å². The Morgan fingerprint density at radius 3 is 2.00 bits per heavy atom. The van der Waals surface area contributed by atoms with E-state index in [1.165, 1.54) is 18.6 Å². The molecular weight excluding hydrogens is 277 g/mol. The molecule has 0 aromatic carbocycles. The van der Waals surface area contributed by atoms with E-state index >= 15 is 0 Å². The average molecular weight is 292 g/mol. The maximum absolute atomic E-state index is 11.8. The summed E-state index contributed by atoms with van der Waals surface area (Å²) < 4.78 is 60.8. The SMILES string of the molecule is CCC(C)(CNS(=O)(=O)NCC(F)(F)F)C(=O)O. The molecule has 0 fully saturated rings. The molecular formula is C8H15F3N2O4S. The number of rotatable bonds is 7. The number of carboxylic acid groups (broad SMARTS) is 1. The van der Waals surface area contributed by atoms with Gasteiger partial charge in [0.2, 0.25) is 0 Å². The smallest absolute Gasteiger partial charge is 0.402 e. The van der Waals surface area contributed by atoms with Crippen LogP contribution in [-0.2, 0) is 15.0 Å². The van der Waals surface area contributed by atoms with Gasteiger partial charge in [-0.3, -0.25) is 4.79 Å². The molecule has 18 heavy (non-hydrogen) atoms. The summed E-state index contributed by atoms with van der Waals surface area (Å²) in [6.07, 6.45) is -4.54. The summed E-state index contributed by atoms with van der Waals surface area (Å²) in [6, 6.07) is 0. The van der Waals surface area contributed by atoms with Gasteiger partial charge < -0.3 is 5.11 Å². The third-order valence-electron chi connectivity index (χ3n) is 2.41. The number of halogens is 3. The Hall–Kier alpha value is -0.870. The Kier molecular flexibility index (Phi) is 5.56. The molecule has 0 aromatic heterocycles. The first-order valence-corrected chi connectivity index (χ1v) is 6.44. The van der Waals surface area contributed by atoms with Crippen LogP contribution in [-0.4, -0.2) is 38.8 Å². The van der Waals surface area contributed by atoms with Crippen LogP contribution in [0.15, 0.2) is 0 Å². The van der Waals surface area contributed by atoms with E-state index in [0.717, 1.165) is 0 Å². The molecule has 0 saturated heterocycles. The van der Waals surface area contributed by atoms with Gasteiger partial charge in [-0.1, -0.05) is 6.92 Å². The molecule has 0 saturated carbocycles. The third-order valence-corrected chi connectivity index (χ3v) is 3.46. The van der Waals surface area contributed by atoms with Crippen molar-refractivity contribution in [2.24, 2.45) is 5.41 Å². The quantitative estimate of drug-likeness (QED) is 0.635. The lowest BCUT2D eigenvalue weighted by Gasteiger charge is -2.23. The predicted octanol–water partition coefficient (Wildman–Crippen LogP) is 0.474. The highest BCUT2D eigenvalue weighted by Crippen LogP contribution is 2.20. The van der Waals surface area contributed by atoms with Crippen LogP contribution >= 0.6 is 0 Å². The first kappa shape index (κ1) is 17.1. The molecule has 0 aliphatic heterocycles. The van der Waals surface area contributed by atoms with E-state index in [0.29, 0.717) is 0 Å². The molecule has 0 aliphatic rings. The topological polar surface area (TPSA) is 95.5 Å². The number of carboxylic acids is 1. The summed E-state index contributed by atoms with van der Waals surface area (Å²) in [4.78, 5) is 10.9. The minimum Gasteiger partial charge on any atom is -0.481 e. The van der Waals surface area contributed by atoms with Gasteiger partial charge in [0.15, 0.2) is 0 Å². The van der Waals surface area contributed by atoms with E-state index in [1.54, 1.807) is 4.72 Å². The fourth-order valence-electron chi connectivity index (χ4n) is 0.834. The molecule has 0 rings (SSSR count). The molecule has 3 N–H and O–H groups in total. The fourth-order valence-corrected chi connectivity index (χ4v) is 1.80. The highest BCUT2D eigenvalue weighted by Gasteiger charge is 2.34. The summed E-state index contributed by atoms with van der Waals surface area (Å²) in [5.74, 6) is -1.23. The highest BCUT2D eigenvalue weighted by molar-refractivity contribution is 7.87. The summed E-state index contributed by atoms with van der Waals surface area (Å²) in [6.45, 7) is 0.622. The lowest BCUT2D eigenvalue weighted by Crippen LogP contribution is -2.47. The molecule has 0 aromatic rings. The van der Waals surface area contributed by atoms with Gasteiger partial charge in [-0.25, -0.2) is 4.72 Å². The van der Waals surface area contributed by atoms with Crippen LogP contribution in [0.4, 0.5) is 13.2 Å². The number of alkyl halides is 3. The van der Waals surface area contributed by atoms with Crippen molar-refractivity contribution in [2.75, 3.05) is 13.1 Å². The second kappa shape index (κ2) is 5.85. The molecule has 0 heterocycles. The molecule has 1 atom stereocenters. The van der Waals surface area contributed by atoms with Gasteiger partial charge >= 0.3 is 12.1 Å². The van der Waals surface area contributed by atoms with Crippen LogP contribution in [0, 0.1) is 5.41 Å². The van der Waals surface area contributed by atoms with Crippen molar-refractivity contribution in [1.82, 2.24) is 9.44 Å². The van der Waals surface area contributed by atoms with Crippen molar-refractivity contribution >= 4 is 16.2 Å². The van der Waals surface area contributed by atoms with E-state index in [9.17, 15) is 26.4 Å². The number of carbonyl (C=O) groups is 1. The van der Waals surface area contributed by atoms with E-state index in [4.69, 9.17) is 5.11 Å². The largest absolute Gasteiger partial charge is 0.481 e. The normalized spacial score (nSPS) is 16.3. The zero-order chi connectivity index (χ0) is 14.6. The summed E-state index contributed by atoms with van der Waals surface area (Å²) in [5, 5.41) is 8.85. The minimum atomic E-state index is -4.67. The van der Waals surface area contributed by atoms with Crippen molar-refractivity contribution in [3.8, 4) is 0 Å². The molecule has 0 spiro atoms. The van der Waals surface area contributed by atoms with Crippen molar-refractivity contribution < 1.29 is 31.5 Å². The van der Waals surface area contributed by atoms with Gasteiger partial charge in [0.25, 0.3) is 10.2 Å². The van der Waals surface area contributed by atoms with Crippen LogP contribution in [0.25, 0.3) is 0 Å². The van der Waals surface area contributed by atoms with Gasteiger partial charge in [-0.05, 0) is 13.3 Å². The molecule has 0 bridgehead atoms. The zero-order valence-electron chi connectivity index (χ0n) is 9.84. The maximum Gasteiger partial charge on any atom is 0.402 e. The van der Waals surface area contributed by atoms with Crippen molar-refractivity contribution in [3.63, 3.8) is 0 Å². The van der Waals surface area contributed by atoms with Crippen LogP contribution < -0.4 is 9.44 Å². The summed E-state index contributed by atoms with van der Waals surface area (Å²) in [7, 11) is -4.37. The molecule has 0 radical (unpaired) electrons. The molecule has 10 heteroatoms. The van der Waals surface area contributed by atoms with Gasteiger partial charge in [-0.15, -0.1) is 0 Å². The lowest BCUT2D eigenvalue weighted by atomic mass is 9.88. The molecule has 1 unspecified atom stereocenters. The summed E-state index contributed by atoms with van der Waals surface area (Å²) >= 11 is 0. The maximum atomic E-state index is 11.8. The Balaban J connectivity index is 4.48. The first-order valence-electron chi connectivity index (χ1n) is 4.96. The Bertz CT molecular complexity index is 396. The highest BCUT2D eigenvalue weighted by atomic mass is 32.2. The Labute approximate surface area is 103 Å². The number of nitrogens with one attached hydrogen (secondary N) is 2. The molecule has 108 valence electrons. The second-order valence-corrected chi connectivity index (χ2v) is 5.56. The van der Waals surface area contributed by atoms with Gasteiger partial charge in [0.1, 0.15) is 6.54 Å². The number of aliphatic carboxylic acids is 1. The second-order valence-electron chi connectivity index (χ2n) is 3.98. The monoisotopic (exact) mass is 292 g/mol. The van der Waals surface area contributed by atoms with E-state index < -0.39 is 40.9 Å². The average Bonchev–Trinajstić information content (AvgIpc) is 2.22. The molecule has 0 amide bonds. The van der Waals surface area contributed by atoms with Crippen molar-refractivity contribution in [2.45, 2.75) is 26.4 Å². The van der Waals surface area contributed by atoms with Crippen LogP contribution in [0.3, 0.4) is 0 Å². The zero-order valence-corrected chi connectivity index (χ0v) is 10.7. The lowest BCUT2D eigenvalue weighted by molar-refractivity contribution is -0.147. The summed E-state index contributed by atoms with van der Waals surface area (Å²) in [5.41, 5.74) is -1.37. The van der Waals surface area contributed by atoms with Gasteiger partial charge in [0, 0.05) is 6.54 Å². The first-order chi connectivity index (χ1) is 7.92. The van der Waals surface area contributed by atoms with Crippen LogP contribution in [0.5, 0.6) is 0 Å². The predicted molar refractivity (Wildman–Crippen MR) is 57.0 cm³/mol. The van der Waals surface area contributed by atoms with Gasteiger partial charge in [0.05, 0.1) is 5.41 Å². The Morgan fingerprint density at radius 2 is 1.67 bits per heavy atom. The standard InChI is InChI=1S/C8H15F3N2O4S/c1-3-7(2,6(14)15)4-12-18(16,17)13-5-8(9,10)11/h12-13H,3-5H2,1-2H3,(H,14,15). The van der Waals surface area contributed by atoms with Crippen molar-refractivity contribution in [1.29, 1.82) is 0 Å². The van der Waals surface area contributed by atoms with Crippen molar-refractivity contribution in [3.05, 3.63) is 0 Å². The Morgan fingerprint density at radius 1 is 1.22 bits per heavy atom. The van der Waals surface area contributed by atoms with Crippen LogP contribution in [0.1, 0.15) is 20.3 Å². The number of hydrogen-bond acceptors (Lipinski definition) is 3. The fraction of sp³-hybridized carbons (Fsp3) is 0.875. The minimum absolute atomic E-state index is 0.129. The van der Waals surface area contributed by atoms with Crippen LogP contribution in [0.2, 0.25) is 0 Å². The molecule has 6 nitrogen and oxygen atoms in total. The third kappa shape index (κ3) is 6.17. The molecule has 0 aliphatic carbocycles. The van der Waals surface area contributed by atoms with E-state index in [-0.39, 0.29) is 6.42 Å². The van der Waals surface area contributed by atoms with E-state index in [2.05, 4.69) is 0 Å².